The first kappa shape index (κ1) is 24.7. The number of ketones is 1. The topological polar surface area (TPSA) is 70.1 Å². The number of nitrogens with zero attached hydrogens (tertiary/aromatic N) is 2. The Morgan fingerprint density at radius 1 is 1.21 bits per heavy atom. The van der Waals surface area contributed by atoms with E-state index in [2.05, 4.69) is 22.5 Å². The van der Waals surface area contributed by atoms with Gasteiger partial charge in [-0.25, -0.2) is 0 Å². The molecule has 6 nitrogen and oxygen atoms in total. The maximum atomic E-state index is 13.1. The molecule has 1 aliphatic rings. The normalized spacial score (nSPS) is 17.6. The molecule has 1 aliphatic heterocycles. The highest BCUT2D eigenvalue weighted by atomic mass is 79.9. The van der Waals surface area contributed by atoms with E-state index in [9.17, 15) is 14.7 Å². The minimum Gasteiger partial charge on any atom is -0.507 e. The van der Waals surface area contributed by atoms with Crippen LogP contribution in [0.4, 0.5) is 0 Å². The predicted molar refractivity (Wildman–Crippen MR) is 133 cm³/mol. The minimum atomic E-state index is -0.670. The smallest absolute Gasteiger partial charge is 0.295 e. The van der Waals surface area contributed by atoms with E-state index in [0.717, 1.165) is 22.1 Å². The van der Waals surface area contributed by atoms with Crippen molar-refractivity contribution in [3.05, 3.63) is 81.9 Å². The van der Waals surface area contributed by atoms with E-state index >= 15 is 0 Å². The third kappa shape index (κ3) is 5.54. The van der Waals surface area contributed by atoms with Crippen molar-refractivity contribution >= 4 is 33.4 Å². The number of aliphatic hydroxyl groups excluding tert-OH is 1. The second-order valence-corrected chi connectivity index (χ2v) is 9.19. The van der Waals surface area contributed by atoms with Crippen LogP contribution in [0.1, 0.15) is 29.2 Å². The van der Waals surface area contributed by atoms with Gasteiger partial charge in [0.15, 0.2) is 0 Å². The van der Waals surface area contributed by atoms with E-state index in [1.54, 1.807) is 29.2 Å². The van der Waals surface area contributed by atoms with E-state index in [-0.39, 0.29) is 11.3 Å². The number of carbonyl (C=O) groups excluding carboxylic acids is 2. The number of aliphatic hydroxyl groups is 1. The summed E-state index contributed by atoms with van der Waals surface area (Å²) in [5, 5.41) is 11.3. The van der Waals surface area contributed by atoms with E-state index in [0.29, 0.717) is 30.9 Å². The number of rotatable bonds is 9. The number of aryl methyl sites for hydroxylation is 1. The average molecular weight is 513 g/mol. The monoisotopic (exact) mass is 512 g/mol. The molecule has 174 valence electrons. The van der Waals surface area contributed by atoms with Gasteiger partial charge in [0, 0.05) is 16.6 Å². The number of hydrogen-bond acceptors (Lipinski definition) is 5. The zero-order valence-corrected chi connectivity index (χ0v) is 20.8. The number of Topliss-reactive ketones (excluding diaryl/α,β-unsaturated/α-hetero) is 1. The van der Waals surface area contributed by atoms with Gasteiger partial charge in [-0.3, -0.25) is 9.59 Å². The van der Waals surface area contributed by atoms with Crippen molar-refractivity contribution in [1.29, 1.82) is 0 Å². The summed E-state index contributed by atoms with van der Waals surface area (Å²) in [4.78, 5) is 29.7. The van der Waals surface area contributed by atoms with Gasteiger partial charge in [-0.15, -0.1) is 0 Å². The second kappa shape index (κ2) is 10.8. The lowest BCUT2D eigenvalue weighted by Gasteiger charge is -2.26. The number of likely N-dealkylation sites (tertiary alicyclic amines) is 1. The highest BCUT2D eigenvalue weighted by Gasteiger charge is 2.45. The predicted octanol–water partition coefficient (Wildman–Crippen LogP) is 4.70. The van der Waals surface area contributed by atoms with Crippen LogP contribution in [0, 0.1) is 6.92 Å². The average Bonchev–Trinajstić information content (AvgIpc) is 3.02. The summed E-state index contributed by atoms with van der Waals surface area (Å²) < 4.78 is 6.45. The van der Waals surface area contributed by atoms with Crippen molar-refractivity contribution < 1.29 is 19.4 Å². The number of hydrogen-bond donors (Lipinski definition) is 1. The molecule has 33 heavy (non-hydrogen) atoms. The summed E-state index contributed by atoms with van der Waals surface area (Å²) >= 11 is 3.43. The Kier molecular flexibility index (Phi) is 8.10. The van der Waals surface area contributed by atoms with Gasteiger partial charge in [-0.1, -0.05) is 40.7 Å². The largest absolute Gasteiger partial charge is 0.507 e. The number of halogens is 1. The zero-order chi connectivity index (χ0) is 24.1. The van der Waals surface area contributed by atoms with Crippen LogP contribution in [-0.2, 0) is 9.59 Å². The summed E-state index contributed by atoms with van der Waals surface area (Å²) in [5.41, 5.74) is 2.11. The summed E-state index contributed by atoms with van der Waals surface area (Å²) in [6, 6.07) is 12.0. The van der Waals surface area contributed by atoms with Crippen molar-refractivity contribution in [2.45, 2.75) is 19.4 Å². The third-order valence-corrected chi connectivity index (χ3v) is 6.08. The summed E-state index contributed by atoms with van der Waals surface area (Å²) in [6.45, 7) is 7.03. The molecule has 0 radical (unpaired) electrons. The fourth-order valence-electron chi connectivity index (χ4n) is 3.95. The lowest BCUT2D eigenvalue weighted by atomic mass is 9.94. The third-order valence-electron chi connectivity index (χ3n) is 5.55. The molecule has 1 heterocycles. The molecule has 0 bridgehead atoms. The number of amides is 1. The molecule has 2 aromatic carbocycles. The molecule has 1 amide bonds. The van der Waals surface area contributed by atoms with E-state index in [1.165, 1.54) is 0 Å². The Morgan fingerprint density at radius 3 is 2.52 bits per heavy atom. The van der Waals surface area contributed by atoms with Crippen LogP contribution in [0.5, 0.6) is 5.75 Å². The molecule has 1 atom stereocenters. The summed E-state index contributed by atoms with van der Waals surface area (Å²) in [7, 11) is 3.93. The highest BCUT2D eigenvalue weighted by molar-refractivity contribution is 9.10. The van der Waals surface area contributed by atoms with Gasteiger partial charge in [-0.05, 0) is 75.4 Å². The first-order chi connectivity index (χ1) is 15.7. The molecule has 0 aliphatic carbocycles. The van der Waals surface area contributed by atoms with Crippen molar-refractivity contribution in [2.24, 2.45) is 0 Å². The molecule has 2 aromatic rings. The first-order valence-corrected chi connectivity index (χ1v) is 11.6. The van der Waals surface area contributed by atoms with Gasteiger partial charge in [-0.2, -0.15) is 0 Å². The number of ether oxygens (including phenoxy) is 1. The summed E-state index contributed by atoms with van der Waals surface area (Å²) in [5.74, 6) is -0.801. The van der Waals surface area contributed by atoms with Crippen LogP contribution in [0.25, 0.3) is 5.76 Å². The fourth-order valence-corrected chi connectivity index (χ4v) is 4.22. The molecular formula is C26H29BrN2O4. The molecule has 1 fully saturated rings. The van der Waals surface area contributed by atoms with Gasteiger partial charge in [0.05, 0.1) is 11.6 Å². The Balaban J connectivity index is 2.07. The van der Waals surface area contributed by atoms with Crippen LogP contribution in [0.3, 0.4) is 0 Å². The van der Waals surface area contributed by atoms with Crippen LogP contribution in [0.15, 0.2) is 65.2 Å². The fraction of sp³-hybridized carbons (Fsp3) is 0.308. The van der Waals surface area contributed by atoms with Gasteiger partial charge in [0.2, 0.25) is 0 Å². The molecule has 1 N–H and O–H groups in total. The molecule has 7 heteroatoms. The Labute approximate surface area is 203 Å². The van der Waals surface area contributed by atoms with Crippen molar-refractivity contribution in [3.63, 3.8) is 0 Å². The van der Waals surface area contributed by atoms with Crippen molar-refractivity contribution in [2.75, 3.05) is 33.8 Å². The van der Waals surface area contributed by atoms with Gasteiger partial charge in [0.25, 0.3) is 11.7 Å². The number of carbonyl (C=O) groups is 2. The maximum absolute atomic E-state index is 13.1. The molecule has 0 spiro atoms. The Bertz CT molecular complexity index is 1080. The van der Waals surface area contributed by atoms with Crippen molar-refractivity contribution in [1.82, 2.24) is 9.80 Å². The number of benzene rings is 2. The van der Waals surface area contributed by atoms with E-state index < -0.39 is 17.7 Å². The first-order valence-electron chi connectivity index (χ1n) is 10.8. The van der Waals surface area contributed by atoms with Gasteiger partial charge < -0.3 is 19.6 Å². The molecule has 3 rings (SSSR count). The highest BCUT2D eigenvalue weighted by Crippen LogP contribution is 2.40. The van der Waals surface area contributed by atoms with Gasteiger partial charge >= 0.3 is 0 Å². The molecule has 0 saturated carbocycles. The standard InChI is InChI=1S/C26H29BrN2O4/c1-5-15-33-20-11-12-21(17(2)16-20)24(30)22-23(18-7-9-19(27)10-8-18)29(26(32)25(22)31)14-6-13-28(3)4/h5,7-12,16,23,30H,1,6,13-15H2,2-4H3/b24-22-. The van der Waals surface area contributed by atoms with E-state index in [4.69, 9.17) is 4.74 Å². The van der Waals surface area contributed by atoms with Crippen LogP contribution < -0.4 is 4.74 Å². The zero-order valence-electron chi connectivity index (χ0n) is 19.2. The van der Waals surface area contributed by atoms with Gasteiger partial charge in [0.1, 0.15) is 18.1 Å². The lowest BCUT2D eigenvalue weighted by molar-refractivity contribution is -0.139. The minimum absolute atomic E-state index is 0.107. The SMILES string of the molecule is C=CCOc1ccc(/C(O)=C2/C(=O)C(=O)N(CCCN(C)C)C2c2ccc(Br)cc2)c(C)c1. The molecule has 0 aromatic heterocycles. The molecule has 1 saturated heterocycles. The molecular weight excluding hydrogens is 484 g/mol. The Morgan fingerprint density at radius 2 is 1.91 bits per heavy atom. The maximum Gasteiger partial charge on any atom is 0.295 e. The van der Waals surface area contributed by atoms with Crippen LogP contribution >= 0.6 is 15.9 Å². The molecule has 1 unspecified atom stereocenters. The second-order valence-electron chi connectivity index (χ2n) is 8.28. The Hall–Kier alpha value is -2.90. The van der Waals surface area contributed by atoms with E-state index in [1.807, 2.05) is 50.2 Å². The van der Waals surface area contributed by atoms with Crippen molar-refractivity contribution in [3.8, 4) is 5.75 Å². The van der Waals surface area contributed by atoms with Crippen LogP contribution in [0.2, 0.25) is 0 Å². The lowest BCUT2D eigenvalue weighted by Crippen LogP contribution is -2.32. The van der Waals surface area contributed by atoms with Crippen LogP contribution in [-0.4, -0.2) is 60.4 Å². The quantitative estimate of drug-likeness (QED) is 0.228. The summed E-state index contributed by atoms with van der Waals surface area (Å²) in [6.07, 6.45) is 2.36.